The van der Waals surface area contributed by atoms with Crippen LogP contribution in [0.5, 0.6) is 11.5 Å². The van der Waals surface area contributed by atoms with E-state index in [9.17, 15) is 14.7 Å². The van der Waals surface area contributed by atoms with E-state index in [4.69, 9.17) is 23.1 Å². The van der Waals surface area contributed by atoms with Crippen LogP contribution in [0.1, 0.15) is 175 Å². The maximum atomic E-state index is 12.3. The monoisotopic (exact) mass is 1100 g/mol. The van der Waals surface area contributed by atoms with Gasteiger partial charge in [-0.1, -0.05) is 161 Å². The standard InChI is InChI=1S/C24H35N3O3Si.C18H21N3O3.2C8H18.C4H8O.FH2N/c1-18-7-9-19(10-8-18)27-15-13-20(14-16-27)29-23(28)26-22-12-11-21(17-25-22)30-31(5,6)24(2,3)4;1-13-2-4-14(5-3-13)21-10-8-16(9-11-21)24-18(23)20-17-7-6-15(22)12-19-17;2*1-3-5-7-8-6-4-2;1-2-4-5-3-1;1-2/h7-12,17,20H,13-16H2,1-6H3,(H,25,26,28);2-7,12,16,22H,8-11H2,1H3,(H,19,20,23);2*3-8H2,1-2H3;1-4H2;2H2. The van der Waals surface area contributed by atoms with Gasteiger partial charge in [0.05, 0.1) is 12.4 Å². The average molecular weight is 1100 g/mol. The van der Waals surface area contributed by atoms with Crippen LogP contribution < -0.4 is 30.8 Å². The third-order valence-electron chi connectivity index (χ3n) is 14.1. The Hall–Kier alpha value is -5.45. The van der Waals surface area contributed by atoms with Crippen LogP contribution in [0.3, 0.4) is 0 Å². The second kappa shape index (κ2) is 39.8. The van der Waals surface area contributed by atoms with Crippen LogP contribution in [-0.2, 0) is 14.2 Å². The number of halogens is 1. The molecule has 2 amide bonds. The molecule has 0 atom stereocenters. The minimum absolute atomic E-state index is 0.0531. The Labute approximate surface area is 471 Å². The first-order valence-electron chi connectivity index (χ1n) is 29.1. The Balaban J connectivity index is 0.000000386. The van der Waals surface area contributed by atoms with E-state index in [0.29, 0.717) is 11.6 Å². The van der Waals surface area contributed by atoms with E-state index < -0.39 is 20.5 Å². The van der Waals surface area contributed by atoms with Crippen molar-refractivity contribution in [3.63, 3.8) is 0 Å². The molecule has 0 radical (unpaired) electrons. The molecule has 0 saturated carbocycles. The summed E-state index contributed by atoms with van der Waals surface area (Å²) in [4.78, 5) is 37.1. The number of carbonyl (C=O) groups is 2. The summed E-state index contributed by atoms with van der Waals surface area (Å²) in [5, 5.41) is 14.6. The van der Waals surface area contributed by atoms with Gasteiger partial charge in [0, 0.05) is 76.5 Å². The number of nitrogens with two attached hydrogens (primary N) is 1. The minimum Gasteiger partial charge on any atom is -0.542 e. The number of amides is 2. The molecule has 4 aromatic rings. The molecule has 3 fully saturated rings. The number of unbranched alkanes of at least 4 members (excludes halogenated alkanes) is 10. The van der Waals surface area contributed by atoms with Crippen LogP contribution in [0.15, 0.2) is 85.2 Å². The molecule has 0 spiro atoms. The molecule has 438 valence electrons. The number of nitrogens with zero attached hydrogens (tertiary/aromatic N) is 4. The molecular formula is C62H102FN7O7Si. The van der Waals surface area contributed by atoms with Crippen LogP contribution in [0, 0.1) is 13.8 Å². The predicted molar refractivity (Wildman–Crippen MR) is 324 cm³/mol. The third kappa shape index (κ3) is 29.5. The number of piperidine rings is 2. The van der Waals surface area contributed by atoms with Crippen molar-refractivity contribution < 1.29 is 37.8 Å². The van der Waals surface area contributed by atoms with Crippen molar-refractivity contribution >= 4 is 43.5 Å². The molecule has 3 saturated heterocycles. The van der Waals surface area contributed by atoms with E-state index in [0.717, 1.165) is 70.8 Å². The van der Waals surface area contributed by atoms with Gasteiger partial charge >= 0.3 is 12.2 Å². The van der Waals surface area contributed by atoms with Crippen LogP contribution in [-0.4, -0.2) is 87.2 Å². The van der Waals surface area contributed by atoms with Gasteiger partial charge in [-0.15, -0.1) is 4.48 Å². The van der Waals surface area contributed by atoms with Crippen molar-refractivity contribution in [2.45, 2.75) is 208 Å². The van der Waals surface area contributed by atoms with Crippen LogP contribution in [0.4, 0.5) is 37.1 Å². The lowest BCUT2D eigenvalue weighted by Crippen LogP contribution is -2.43. The molecule has 3 aliphatic heterocycles. The Morgan fingerprint density at radius 2 is 0.987 bits per heavy atom. The second-order valence-electron chi connectivity index (χ2n) is 21.9. The van der Waals surface area contributed by atoms with Gasteiger partial charge in [-0.2, -0.15) is 5.96 Å². The third-order valence-corrected chi connectivity index (χ3v) is 18.5. The van der Waals surface area contributed by atoms with Crippen molar-refractivity contribution in [3.05, 3.63) is 96.3 Å². The lowest BCUT2D eigenvalue weighted by Gasteiger charge is -2.36. The topological polar surface area (TPSA) is 174 Å². The smallest absolute Gasteiger partial charge is 0.413 e. The van der Waals surface area contributed by atoms with Crippen LogP contribution in [0.25, 0.3) is 0 Å². The Morgan fingerprint density at radius 3 is 1.28 bits per heavy atom. The number of aromatic hydroxyl groups is 1. The van der Waals surface area contributed by atoms with Crippen molar-refractivity contribution in [1.29, 1.82) is 0 Å². The molecule has 2 aromatic carbocycles. The first kappa shape index (κ1) is 68.7. The van der Waals surface area contributed by atoms with Gasteiger partial charge in [0.15, 0.2) is 0 Å². The summed E-state index contributed by atoms with van der Waals surface area (Å²) >= 11 is 0. The normalized spacial score (nSPS) is 14.4. The summed E-state index contributed by atoms with van der Waals surface area (Å²) in [5.74, 6) is 4.60. The molecule has 7 rings (SSSR count). The predicted octanol–water partition coefficient (Wildman–Crippen LogP) is 16.7. The van der Waals surface area contributed by atoms with Crippen molar-refractivity contribution in [2.75, 3.05) is 59.8 Å². The maximum Gasteiger partial charge on any atom is 0.413 e. The fraction of sp³-hybridized carbons (Fsp3) is 0.613. The molecule has 14 nitrogen and oxygen atoms in total. The molecular weight excluding hydrogens is 1000 g/mol. The van der Waals surface area contributed by atoms with E-state index >= 15 is 0 Å². The Bertz CT molecular complexity index is 2100. The molecule has 2 aromatic heterocycles. The van der Waals surface area contributed by atoms with E-state index in [2.05, 4.69) is 160 Å². The molecule has 0 bridgehead atoms. The van der Waals surface area contributed by atoms with E-state index in [1.165, 1.54) is 131 Å². The lowest BCUT2D eigenvalue weighted by molar-refractivity contribution is 0.0942. The van der Waals surface area contributed by atoms with Crippen LogP contribution in [0.2, 0.25) is 18.1 Å². The minimum atomic E-state index is -1.91. The highest BCUT2D eigenvalue weighted by atomic mass is 28.4. The van der Waals surface area contributed by atoms with Crippen molar-refractivity contribution in [2.24, 2.45) is 5.96 Å². The Kier molecular flexibility index (Phi) is 35.1. The maximum absolute atomic E-state index is 12.3. The number of aryl methyl sites for hydroxylation is 2. The molecule has 16 heteroatoms. The zero-order chi connectivity index (χ0) is 57.6. The summed E-state index contributed by atoms with van der Waals surface area (Å²) in [6.07, 6.45) is 24.5. The van der Waals surface area contributed by atoms with Crippen molar-refractivity contribution in [3.8, 4) is 11.5 Å². The highest BCUT2D eigenvalue weighted by molar-refractivity contribution is 6.74. The summed E-state index contributed by atoms with van der Waals surface area (Å²) in [5.41, 5.74) is 4.93. The zero-order valence-corrected chi connectivity index (χ0v) is 50.8. The molecule has 3 aliphatic rings. The number of carbonyl (C=O) groups excluding carboxylic acids is 2. The van der Waals surface area contributed by atoms with Gasteiger partial charge in [-0.25, -0.2) is 19.6 Å². The molecule has 0 unspecified atom stereocenters. The SMILES string of the molecule is C1CCOC1.CCCCCCCC.CCCCCCCC.Cc1ccc(N2CCC(OC(=O)Nc3ccc(O)cn3)CC2)cc1.Cc1ccc(N2CCC(OC(=O)Nc3ccc(O[Si](C)(C)C(C)(C)C)cn3)CC2)cc1.NF. The van der Waals surface area contributed by atoms with Gasteiger partial charge in [0.2, 0.25) is 0 Å². The highest BCUT2D eigenvalue weighted by Crippen LogP contribution is 2.37. The number of hydrogen-bond acceptors (Lipinski definition) is 12. The van der Waals surface area contributed by atoms with E-state index in [1.54, 1.807) is 12.3 Å². The summed E-state index contributed by atoms with van der Waals surface area (Å²) in [6, 6.07) is 23.6. The zero-order valence-electron chi connectivity index (χ0n) is 49.8. The second-order valence-corrected chi connectivity index (χ2v) is 26.6. The number of aromatic nitrogens is 2. The number of anilines is 4. The van der Waals surface area contributed by atoms with Gasteiger partial charge in [0.1, 0.15) is 35.3 Å². The number of pyridine rings is 2. The number of rotatable bonds is 18. The first-order valence-corrected chi connectivity index (χ1v) is 32.1. The van der Waals surface area contributed by atoms with Gasteiger partial charge in [-0.05, 0) is 93.4 Å². The molecule has 0 aliphatic carbocycles. The number of nitrogens with one attached hydrogen (secondary N) is 2. The molecule has 5 heterocycles. The Morgan fingerprint density at radius 1 is 0.615 bits per heavy atom. The quantitative estimate of drug-likeness (QED) is 0.0422. The number of benzene rings is 2. The van der Waals surface area contributed by atoms with E-state index in [-0.39, 0.29) is 23.0 Å². The lowest BCUT2D eigenvalue weighted by atomic mass is 10.1. The van der Waals surface area contributed by atoms with Crippen LogP contribution >= 0.6 is 0 Å². The largest absolute Gasteiger partial charge is 0.542 e. The van der Waals surface area contributed by atoms with Gasteiger partial charge in [-0.3, -0.25) is 10.6 Å². The number of ether oxygens (including phenoxy) is 3. The molecule has 78 heavy (non-hydrogen) atoms. The van der Waals surface area contributed by atoms with Gasteiger partial charge in [0.25, 0.3) is 8.32 Å². The fourth-order valence-corrected chi connectivity index (χ4v) is 9.20. The fourth-order valence-electron chi connectivity index (χ4n) is 8.19. The summed E-state index contributed by atoms with van der Waals surface area (Å²) < 4.78 is 31.2. The number of hydrogen-bond donors (Lipinski definition) is 4. The summed E-state index contributed by atoms with van der Waals surface area (Å²) in [7, 11) is -1.91. The average Bonchev–Trinajstić information content (AvgIpc) is 4.04. The first-order chi connectivity index (χ1) is 37.5. The highest BCUT2D eigenvalue weighted by Gasteiger charge is 2.39. The molecule has 5 N–H and O–H groups in total. The summed E-state index contributed by atoms with van der Waals surface area (Å²) in [6.45, 7) is 29.6. The van der Waals surface area contributed by atoms with Crippen molar-refractivity contribution in [1.82, 2.24) is 9.97 Å². The van der Waals surface area contributed by atoms with E-state index in [1.807, 2.05) is 6.07 Å². The van der Waals surface area contributed by atoms with Gasteiger partial charge < -0.3 is 33.5 Å².